The molecule has 0 radical (unpaired) electrons. The lowest BCUT2D eigenvalue weighted by molar-refractivity contribution is 0.162. The Morgan fingerprint density at radius 3 is 1.92 bits per heavy atom. The normalized spacial score (nSPS) is 36.2. The number of nitrogens with zero attached hydrogens (tertiary/aromatic N) is 1. The van der Waals surface area contributed by atoms with E-state index < -0.39 is 0 Å². The van der Waals surface area contributed by atoms with Crippen LogP contribution in [0, 0.1) is 11.8 Å². The molecule has 2 rings (SSSR count). The van der Waals surface area contributed by atoms with Crippen molar-refractivity contribution in [2.75, 3.05) is 13.1 Å². The van der Waals surface area contributed by atoms with Gasteiger partial charge in [-0.25, -0.2) is 0 Å². The minimum absolute atomic E-state index is 0.765. The SMILES string of the molecule is CC(C)N1CC2CCCC(CC2)C1. The van der Waals surface area contributed by atoms with Crippen LogP contribution in [0.4, 0.5) is 0 Å². The Hall–Kier alpha value is -0.0400. The van der Waals surface area contributed by atoms with Gasteiger partial charge in [0, 0.05) is 19.1 Å². The fourth-order valence-corrected chi connectivity index (χ4v) is 2.98. The van der Waals surface area contributed by atoms with Crippen LogP contribution in [0.15, 0.2) is 0 Å². The second-order valence-electron chi connectivity index (χ2n) is 5.29. The summed E-state index contributed by atoms with van der Waals surface area (Å²) in [5.41, 5.74) is 0. The molecule has 0 aromatic carbocycles. The maximum Gasteiger partial charge on any atom is 0.00388 e. The van der Waals surface area contributed by atoms with E-state index >= 15 is 0 Å². The molecule has 0 aromatic rings. The zero-order valence-corrected chi connectivity index (χ0v) is 9.13. The number of fused-ring (bicyclic) bond motifs is 3. The van der Waals surface area contributed by atoms with Crippen LogP contribution in [-0.2, 0) is 0 Å². The van der Waals surface area contributed by atoms with Crippen LogP contribution in [0.2, 0.25) is 0 Å². The zero-order chi connectivity index (χ0) is 9.26. The van der Waals surface area contributed by atoms with Crippen molar-refractivity contribution in [3.63, 3.8) is 0 Å². The minimum atomic E-state index is 0.765. The molecule has 1 nitrogen and oxygen atoms in total. The summed E-state index contributed by atoms with van der Waals surface area (Å²) in [4.78, 5) is 2.71. The predicted octanol–water partition coefficient (Wildman–Crippen LogP) is 2.91. The molecule has 13 heavy (non-hydrogen) atoms. The Morgan fingerprint density at radius 1 is 0.923 bits per heavy atom. The first-order valence-electron chi connectivity index (χ1n) is 5.99. The summed E-state index contributed by atoms with van der Waals surface area (Å²) in [6.45, 7) is 7.46. The molecule has 2 bridgehead atoms. The van der Waals surface area contributed by atoms with Crippen LogP contribution in [0.5, 0.6) is 0 Å². The number of rotatable bonds is 1. The molecule has 2 aliphatic rings. The summed E-state index contributed by atoms with van der Waals surface area (Å²) in [5, 5.41) is 0. The Bertz CT molecular complexity index is 151. The van der Waals surface area contributed by atoms with Crippen molar-refractivity contribution in [1.82, 2.24) is 4.90 Å². The lowest BCUT2D eigenvalue weighted by atomic mass is 9.99. The van der Waals surface area contributed by atoms with Gasteiger partial charge in [0.15, 0.2) is 0 Å². The maximum absolute atomic E-state index is 2.71. The van der Waals surface area contributed by atoms with Crippen LogP contribution >= 0.6 is 0 Å². The van der Waals surface area contributed by atoms with Crippen LogP contribution in [0.3, 0.4) is 0 Å². The van der Waals surface area contributed by atoms with Crippen molar-refractivity contribution >= 4 is 0 Å². The van der Waals surface area contributed by atoms with Crippen molar-refractivity contribution in [3.8, 4) is 0 Å². The molecular weight excluding hydrogens is 158 g/mol. The Balaban J connectivity index is 2.03. The second kappa shape index (κ2) is 4.00. The Morgan fingerprint density at radius 2 is 1.46 bits per heavy atom. The van der Waals surface area contributed by atoms with Crippen LogP contribution in [-0.4, -0.2) is 24.0 Å². The first-order chi connectivity index (χ1) is 6.25. The highest BCUT2D eigenvalue weighted by Gasteiger charge is 2.27. The topological polar surface area (TPSA) is 3.24 Å². The van der Waals surface area contributed by atoms with E-state index in [0.717, 1.165) is 17.9 Å². The highest BCUT2D eigenvalue weighted by atomic mass is 15.2. The van der Waals surface area contributed by atoms with Crippen molar-refractivity contribution in [2.45, 2.75) is 52.0 Å². The average Bonchev–Trinajstić information content (AvgIpc) is 2.34. The fourth-order valence-electron chi connectivity index (χ4n) is 2.98. The van der Waals surface area contributed by atoms with Crippen LogP contribution < -0.4 is 0 Å². The molecule has 2 atom stereocenters. The van der Waals surface area contributed by atoms with Gasteiger partial charge in [0.1, 0.15) is 0 Å². The molecule has 0 aromatic heterocycles. The van der Waals surface area contributed by atoms with E-state index in [4.69, 9.17) is 0 Å². The monoisotopic (exact) mass is 181 g/mol. The molecule has 1 heteroatoms. The van der Waals surface area contributed by atoms with Gasteiger partial charge in [-0.05, 0) is 51.4 Å². The molecule has 0 spiro atoms. The van der Waals surface area contributed by atoms with Crippen molar-refractivity contribution in [2.24, 2.45) is 11.8 Å². The molecule has 0 N–H and O–H groups in total. The van der Waals surface area contributed by atoms with Gasteiger partial charge in [0.25, 0.3) is 0 Å². The van der Waals surface area contributed by atoms with Gasteiger partial charge in [-0.15, -0.1) is 0 Å². The molecule has 1 aliphatic heterocycles. The molecule has 1 aliphatic carbocycles. The summed E-state index contributed by atoms with van der Waals surface area (Å²) in [6.07, 6.45) is 7.52. The highest BCUT2D eigenvalue weighted by molar-refractivity contribution is 4.81. The molecule has 1 saturated carbocycles. The lowest BCUT2D eigenvalue weighted by Gasteiger charge is -2.31. The molecule has 1 saturated heterocycles. The summed E-state index contributed by atoms with van der Waals surface area (Å²) < 4.78 is 0. The molecular formula is C12H23N. The Labute approximate surface area is 82.5 Å². The van der Waals surface area contributed by atoms with Gasteiger partial charge in [0.2, 0.25) is 0 Å². The van der Waals surface area contributed by atoms with Gasteiger partial charge in [-0.1, -0.05) is 6.42 Å². The summed E-state index contributed by atoms with van der Waals surface area (Å²) in [6, 6.07) is 0.765. The second-order valence-corrected chi connectivity index (χ2v) is 5.29. The third-order valence-electron chi connectivity index (χ3n) is 3.92. The molecule has 1 heterocycles. The minimum Gasteiger partial charge on any atom is -0.300 e. The zero-order valence-electron chi connectivity index (χ0n) is 9.13. The highest BCUT2D eigenvalue weighted by Crippen LogP contribution is 2.32. The average molecular weight is 181 g/mol. The quantitative estimate of drug-likeness (QED) is 0.601. The van der Waals surface area contributed by atoms with E-state index in [2.05, 4.69) is 18.7 Å². The number of hydrogen-bond acceptors (Lipinski definition) is 1. The van der Waals surface area contributed by atoms with E-state index in [9.17, 15) is 0 Å². The van der Waals surface area contributed by atoms with E-state index in [-0.39, 0.29) is 0 Å². The molecule has 0 amide bonds. The van der Waals surface area contributed by atoms with Crippen LogP contribution in [0.1, 0.15) is 46.0 Å². The third kappa shape index (κ3) is 2.25. The lowest BCUT2D eigenvalue weighted by Crippen LogP contribution is -2.37. The number of likely N-dealkylation sites (tertiary alicyclic amines) is 1. The summed E-state index contributed by atoms with van der Waals surface area (Å²) in [5.74, 6) is 2.05. The molecule has 2 fully saturated rings. The van der Waals surface area contributed by atoms with Gasteiger partial charge in [-0.3, -0.25) is 0 Å². The van der Waals surface area contributed by atoms with E-state index in [0.29, 0.717) is 0 Å². The number of hydrogen-bond donors (Lipinski definition) is 0. The van der Waals surface area contributed by atoms with Crippen LogP contribution in [0.25, 0.3) is 0 Å². The first kappa shape index (κ1) is 9.51. The van der Waals surface area contributed by atoms with E-state index in [1.807, 2.05) is 0 Å². The third-order valence-corrected chi connectivity index (χ3v) is 3.92. The summed E-state index contributed by atoms with van der Waals surface area (Å²) >= 11 is 0. The molecule has 76 valence electrons. The largest absolute Gasteiger partial charge is 0.300 e. The predicted molar refractivity (Wildman–Crippen MR) is 56.8 cm³/mol. The van der Waals surface area contributed by atoms with Gasteiger partial charge in [-0.2, -0.15) is 0 Å². The van der Waals surface area contributed by atoms with Gasteiger partial charge in [0.05, 0.1) is 0 Å². The standard InChI is InChI=1S/C12H23N/c1-10(2)13-8-11-4-3-5-12(9-13)7-6-11/h10-12H,3-9H2,1-2H3. The summed E-state index contributed by atoms with van der Waals surface area (Å²) in [7, 11) is 0. The smallest absolute Gasteiger partial charge is 0.00388 e. The molecule has 2 unspecified atom stereocenters. The first-order valence-corrected chi connectivity index (χ1v) is 5.99. The van der Waals surface area contributed by atoms with E-state index in [1.54, 1.807) is 0 Å². The Kier molecular flexibility index (Phi) is 2.92. The van der Waals surface area contributed by atoms with Crippen molar-refractivity contribution < 1.29 is 0 Å². The fraction of sp³-hybridized carbons (Fsp3) is 1.00. The van der Waals surface area contributed by atoms with Gasteiger partial charge >= 0.3 is 0 Å². The van der Waals surface area contributed by atoms with Gasteiger partial charge < -0.3 is 4.90 Å². The van der Waals surface area contributed by atoms with Crippen molar-refractivity contribution in [1.29, 1.82) is 0 Å². The maximum atomic E-state index is 2.71. The van der Waals surface area contributed by atoms with Crippen molar-refractivity contribution in [3.05, 3.63) is 0 Å². The van der Waals surface area contributed by atoms with E-state index in [1.165, 1.54) is 45.2 Å².